The molecule has 2 aliphatic rings. The Bertz CT molecular complexity index is 309. The molecule has 0 aromatic rings. The molecular weight excluding hydrogens is 216 g/mol. The normalized spacial score (nSPS) is 38.0. The molecule has 0 unspecified atom stereocenters. The van der Waals surface area contributed by atoms with Crippen LogP contribution in [0.25, 0.3) is 0 Å². The van der Waals surface area contributed by atoms with Gasteiger partial charge >= 0.3 is 0 Å². The number of epoxide rings is 1. The fraction of sp³-hybridized carbons (Fsp3) is 0.786. The van der Waals surface area contributed by atoms with E-state index < -0.39 is 0 Å². The van der Waals surface area contributed by atoms with Crippen LogP contribution in [-0.2, 0) is 9.53 Å². The van der Waals surface area contributed by atoms with E-state index in [1.165, 1.54) is 0 Å². The van der Waals surface area contributed by atoms with E-state index in [1.807, 2.05) is 0 Å². The lowest BCUT2D eigenvalue weighted by Gasteiger charge is -2.18. The number of ether oxygens (including phenoxy) is 1. The van der Waals surface area contributed by atoms with Crippen molar-refractivity contribution in [2.45, 2.75) is 45.3 Å². The van der Waals surface area contributed by atoms with Crippen LogP contribution < -0.4 is 0 Å². The summed E-state index contributed by atoms with van der Waals surface area (Å²) in [5, 5.41) is 9.31. The third kappa shape index (κ3) is 3.17. The molecule has 1 aliphatic heterocycles. The fourth-order valence-electron chi connectivity index (χ4n) is 2.52. The van der Waals surface area contributed by atoms with Gasteiger partial charge in [0.25, 0.3) is 0 Å². The van der Waals surface area contributed by atoms with E-state index in [2.05, 4.69) is 26.0 Å². The Morgan fingerprint density at radius 1 is 1.47 bits per heavy atom. The van der Waals surface area contributed by atoms with Gasteiger partial charge in [-0.25, -0.2) is 0 Å². The number of hydrogen-bond donors (Lipinski definition) is 1. The Morgan fingerprint density at radius 3 is 2.88 bits per heavy atom. The van der Waals surface area contributed by atoms with Crippen LogP contribution in [-0.4, -0.2) is 29.7 Å². The van der Waals surface area contributed by atoms with E-state index in [-0.39, 0.29) is 30.5 Å². The SMILES string of the molecule is CC(C)[C@H]1C=C[C@@H](CO)C[C@@H]2O[C@@H]2C(=O)CC1. The van der Waals surface area contributed by atoms with Crippen molar-refractivity contribution in [1.29, 1.82) is 0 Å². The number of hydrogen-bond acceptors (Lipinski definition) is 3. The van der Waals surface area contributed by atoms with Crippen molar-refractivity contribution in [3.05, 3.63) is 12.2 Å². The maximum absolute atomic E-state index is 11.8. The van der Waals surface area contributed by atoms with Gasteiger partial charge in [-0.2, -0.15) is 0 Å². The van der Waals surface area contributed by atoms with Gasteiger partial charge in [0.15, 0.2) is 5.78 Å². The number of carbonyl (C=O) groups excluding carboxylic acids is 1. The van der Waals surface area contributed by atoms with E-state index in [0.717, 1.165) is 12.8 Å². The molecule has 17 heavy (non-hydrogen) atoms. The van der Waals surface area contributed by atoms with Gasteiger partial charge in [-0.3, -0.25) is 4.79 Å². The summed E-state index contributed by atoms with van der Waals surface area (Å²) < 4.78 is 5.39. The highest BCUT2D eigenvalue weighted by Gasteiger charge is 2.45. The Morgan fingerprint density at radius 2 is 2.24 bits per heavy atom. The summed E-state index contributed by atoms with van der Waals surface area (Å²) in [5.41, 5.74) is 0. The van der Waals surface area contributed by atoms with Crippen LogP contribution in [0.5, 0.6) is 0 Å². The molecule has 0 amide bonds. The van der Waals surface area contributed by atoms with Crippen LogP contribution in [0.15, 0.2) is 12.2 Å². The lowest BCUT2D eigenvalue weighted by Crippen LogP contribution is -2.18. The lowest BCUT2D eigenvalue weighted by atomic mass is 9.86. The number of aliphatic hydroxyl groups is 1. The first-order chi connectivity index (χ1) is 8.11. The van der Waals surface area contributed by atoms with Crippen LogP contribution in [0.3, 0.4) is 0 Å². The number of fused-ring (bicyclic) bond motifs is 1. The van der Waals surface area contributed by atoms with Crippen LogP contribution in [0.1, 0.15) is 33.1 Å². The van der Waals surface area contributed by atoms with Gasteiger partial charge in [0.1, 0.15) is 6.10 Å². The summed E-state index contributed by atoms with van der Waals surface area (Å²) in [6, 6.07) is 0. The first-order valence-corrected chi connectivity index (χ1v) is 6.59. The standard InChI is InChI=1S/C14H22O3/c1-9(2)11-4-3-10(8-15)7-13-14(17-13)12(16)6-5-11/h3-4,9-11,13-15H,5-8H2,1-2H3/t10-,11+,13+,14-/m1/s1. The van der Waals surface area contributed by atoms with Crippen molar-refractivity contribution in [2.24, 2.45) is 17.8 Å². The Balaban J connectivity index is 2.07. The maximum atomic E-state index is 11.8. The highest BCUT2D eigenvalue weighted by atomic mass is 16.6. The molecule has 0 radical (unpaired) electrons. The molecule has 3 nitrogen and oxygen atoms in total. The van der Waals surface area contributed by atoms with Crippen LogP contribution in [0.4, 0.5) is 0 Å². The Hall–Kier alpha value is -0.670. The van der Waals surface area contributed by atoms with Crippen molar-refractivity contribution in [3.63, 3.8) is 0 Å². The molecule has 1 heterocycles. The number of allylic oxidation sites excluding steroid dienone is 1. The quantitative estimate of drug-likeness (QED) is 0.591. The monoisotopic (exact) mass is 238 g/mol. The number of ketones is 1. The zero-order valence-electron chi connectivity index (χ0n) is 10.6. The van der Waals surface area contributed by atoms with Crippen LogP contribution in [0, 0.1) is 17.8 Å². The summed E-state index contributed by atoms with van der Waals surface area (Å²) in [6.07, 6.45) is 6.47. The summed E-state index contributed by atoms with van der Waals surface area (Å²) >= 11 is 0. The highest BCUT2D eigenvalue weighted by Crippen LogP contribution is 2.33. The van der Waals surface area contributed by atoms with Crippen molar-refractivity contribution < 1.29 is 14.6 Å². The molecule has 1 aliphatic carbocycles. The maximum Gasteiger partial charge on any atom is 0.164 e. The third-order valence-electron chi connectivity index (χ3n) is 3.88. The molecule has 2 rings (SSSR count). The zero-order chi connectivity index (χ0) is 12.4. The Labute approximate surface area is 103 Å². The summed E-state index contributed by atoms with van der Waals surface area (Å²) in [5.74, 6) is 1.35. The smallest absolute Gasteiger partial charge is 0.164 e. The predicted octanol–water partition coefficient (Wildman–Crippen LogP) is 1.94. The summed E-state index contributed by atoms with van der Waals surface area (Å²) in [6.45, 7) is 4.49. The van der Waals surface area contributed by atoms with Crippen LogP contribution in [0.2, 0.25) is 0 Å². The van der Waals surface area contributed by atoms with Crippen molar-refractivity contribution in [3.8, 4) is 0 Å². The topological polar surface area (TPSA) is 49.8 Å². The zero-order valence-corrected chi connectivity index (χ0v) is 10.6. The van der Waals surface area contributed by atoms with Crippen LogP contribution >= 0.6 is 0 Å². The average Bonchev–Trinajstić information content (AvgIpc) is 3.05. The first-order valence-electron chi connectivity index (χ1n) is 6.59. The van der Waals surface area contributed by atoms with E-state index in [4.69, 9.17) is 4.74 Å². The summed E-state index contributed by atoms with van der Waals surface area (Å²) in [7, 11) is 0. The molecule has 4 atom stereocenters. The predicted molar refractivity (Wildman–Crippen MR) is 65.6 cm³/mol. The molecule has 3 heteroatoms. The summed E-state index contributed by atoms with van der Waals surface area (Å²) in [4.78, 5) is 11.8. The first kappa shape index (κ1) is 12.8. The number of Topliss-reactive ketones (excluding diaryl/α,β-unsaturated/α-hetero) is 1. The molecule has 0 spiro atoms. The second-order valence-electron chi connectivity index (χ2n) is 5.57. The van der Waals surface area contributed by atoms with Gasteiger partial charge in [-0.05, 0) is 24.7 Å². The molecule has 1 saturated heterocycles. The van der Waals surface area contributed by atoms with E-state index in [0.29, 0.717) is 18.3 Å². The highest BCUT2D eigenvalue weighted by molar-refractivity contribution is 5.85. The largest absolute Gasteiger partial charge is 0.396 e. The minimum atomic E-state index is -0.177. The number of carbonyl (C=O) groups is 1. The lowest BCUT2D eigenvalue weighted by molar-refractivity contribution is -0.120. The molecule has 0 saturated carbocycles. The fourth-order valence-corrected chi connectivity index (χ4v) is 2.52. The minimum Gasteiger partial charge on any atom is -0.396 e. The molecular formula is C14H22O3. The minimum absolute atomic E-state index is 0.0555. The van der Waals surface area contributed by atoms with Gasteiger partial charge in [-0.15, -0.1) is 0 Å². The second kappa shape index (κ2) is 5.32. The van der Waals surface area contributed by atoms with E-state index in [9.17, 15) is 9.90 Å². The third-order valence-corrected chi connectivity index (χ3v) is 3.88. The van der Waals surface area contributed by atoms with Gasteiger partial charge in [0.05, 0.1) is 6.10 Å². The molecule has 1 fully saturated rings. The molecule has 0 aromatic heterocycles. The van der Waals surface area contributed by atoms with Crippen molar-refractivity contribution >= 4 is 5.78 Å². The number of rotatable bonds is 2. The van der Waals surface area contributed by atoms with Gasteiger partial charge in [0.2, 0.25) is 0 Å². The molecule has 96 valence electrons. The van der Waals surface area contributed by atoms with E-state index >= 15 is 0 Å². The second-order valence-corrected chi connectivity index (χ2v) is 5.57. The van der Waals surface area contributed by atoms with Crippen molar-refractivity contribution in [1.82, 2.24) is 0 Å². The molecule has 0 bridgehead atoms. The Kier molecular flexibility index (Phi) is 4.00. The van der Waals surface area contributed by atoms with Gasteiger partial charge < -0.3 is 9.84 Å². The average molecular weight is 238 g/mol. The van der Waals surface area contributed by atoms with E-state index in [1.54, 1.807) is 0 Å². The molecule has 0 aromatic carbocycles. The van der Waals surface area contributed by atoms with Gasteiger partial charge in [0, 0.05) is 18.9 Å². The van der Waals surface area contributed by atoms with Crippen molar-refractivity contribution in [2.75, 3.05) is 6.61 Å². The number of aliphatic hydroxyl groups excluding tert-OH is 1. The van der Waals surface area contributed by atoms with Gasteiger partial charge in [-0.1, -0.05) is 26.0 Å². The molecule has 1 N–H and O–H groups in total.